The Bertz CT molecular complexity index is 28.0. The maximum Gasteiger partial charge on any atom is 0.136 e. The van der Waals surface area contributed by atoms with Crippen molar-refractivity contribution < 1.29 is 5.48 Å². The van der Waals surface area contributed by atoms with Crippen LogP contribution in [0.25, 0.3) is 0 Å². The maximum absolute atomic E-state index is 9.61. The van der Waals surface area contributed by atoms with E-state index in [1.165, 1.54) is 0 Å². The lowest BCUT2D eigenvalue weighted by molar-refractivity contribution is -0.626. The number of quaternary nitrogens is 1. The second-order valence-corrected chi connectivity index (χ2v) is 1.21. The van der Waals surface area contributed by atoms with Crippen LogP contribution in [0.15, 0.2) is 0 Å². The predicted octanol–water partition coefficient (Wildman–Crippen LogP) is -1.26. The summed E-state index contributed by atoms with van der Waals surface area (Å²) in [5, 5.41) is 9.61. The van der Waals surface area contributed by atoms with Crippen molar-refractivity contribution in [2.24, 2.45) is 5.73 Å². The SMILES string of the molecule is CCC(N)[NH2+][O-]. The Kier molecular flexibility index (Phi) is 3.02. The molecule has 0 spiro atoms. The molecule has 0 saturated heterocycles. The van der Waals surface area contributed by atoms with Gasteiger partial charge in [0.05, 0.1) is 0 Å². The average Bonchev–Trinajstić information content (AvgIpc) is 1.65. The zero-order chi connectivity index (χ0) is 4.99. The molecule has 3 heteroatoms. The summed E-state index contributed by atoms with van der Waals surface area (Å²) >= 11 is 0. The molecule has 0 aromatic heterocycles. The molecule has 0 aromatic carbocycles. The molecule has 0 radical (unpaired) electrons. The number of hydrogen-bond acceptors (Lipinski definition) is 2. The van der Waals surface area contributed by atoms with Gasteiger partial charge in [-0.05, 0) is 0 Å². The summed E-state index contributed by atoms with van der Waals surface area (Å²) in [4.78, 5) is 0. The van der Waals surface area contributed by atoms with Crippen LogP contribution in [-0.4, -0.2) is 6.17 Å². The van der Waals surface area contributed by atoms with Crippen LogP contribution in [0.5, 0.6) is 0 Å². The summed E-state index contributed by atoms with van der Waals surface area (Å²) in [6, 6.07) is 0. The molecule has 1 atom stereocenters. The molecular weight excluding hydrogens is 80.0 g/mol. The summed E-state index contributed by atoms with van der Waals surface area (Å²) in [6.07, 6.45) is 0.494. The molecule has 0 aromatic rings. The molecule has 0 saturated carbocycles. The van der Waals surface area contributed by atoms with Gasteiger partial charge in [0.2, 0.25) is 0 Å². The lowest BCUT2D eigenvalue weighted by atomic mass is 10.4. The molecule has 0 bridgehead atoms. The fraction of sp³-hybridized carbons (Fsp3) is 1.00. The zero-order valence-corrected chi connectivity index (χ0v) is 3.85. The third kappa shape index (κ3) is 2.14. The number of rotatable bonds is 2. The van der Waals surface area contributed by atoms with Gasteiger partial charge >= 0.3 is 0 Å². The van der Waals surface area contributed by atoms with E-state index in [0.29, 0.717) is 0 Å². The zero-order valence-electron chi connectivity index (χ0n) is 3.85. The molecule has 0 amide bonds. The number of nitrogens with two attached hydrogens (primary N) is 2. The number of hydroxylamine groups is 1. The Hall–Kier alpha value is -0.120. The standard InChI is InChI=1S/C3H10N2O/c1-2-3(4)5-6/h3H,2,4-5H2,1H3. The fourth-order valence-corrected chi connectivity index (χ4v) is 0.0962. The third-order valence-electron chi connectivity index (χ3n) is 0.646. The van der Waals surface area contributed by atoms with Crippen molar-refractivity contribution >= 4 is 0 Å². The molecular formula is C3H10N2O. The molecule has 38 valence electrons. The molecule has 6 heavy (non-hydrogen) atoms. The van der Waals surface area contributed by atoms with Gasteiger partial charge in [-0.25, -0.2) is 0 Å². The van der Waals surface area contributed by atoms with Crippen LogP contribution in [0.1, 0.15) is 13.3 Å². The van der Waals surface area contributed by atoms with Crippen molar-refractivity contribution in [2.75, 3.05) is 0 Å². The quantitative estimate of drug-likeness (QED) is 0.328. The normalized spacial score (nSPS) is 14.5. The van der Waals surface area contributed by atoms with E-state index >= 15 is 0 Å². The minimum Gasteiger partial charge on any atom is -0.635 e. The van der Waals surface area contributed by atoms with Crippen molar-refractivity contribution in [3.05, 3.63) is 5.21 Å². The lowest BCUT2D eigenvalue weighted by Crippen LogP contribution is -2.87. The highest BCUT2D eigenvalue weighted by Crippen LogP contribution is 1.66. The minimum absolute atomic E-state index is 0.245. The van der Waals surface area contributed by atoms with Crippen LogP contribution < -0.4 is 11.2 Å². The van der Waals surface area contributed by atoms with Crippen LogP contribution in [0.2, 0.25) is 0 Å². The van der Waals surface area contributed by atoms with E-state index in [-0.39, 0.29) is 6.17 Å². The van der Waals surface area contributed by atoms with Gasteiger partial charge in [0.25, 0.3) is 0 Å². The van der Waals surface area contributed by atoms with Gasteiger partial charge in [-0.15, -0.1) is 0 Å². The van der Waals surface area contributed by atoms with E-state index in [9.17, 15) is 5.21 Å². The first kappa shape index (κ1) is 5.88. The van der Waals surface area contributed by atoms with Crippen molar-refractivity contribution in [1.82, 2.24) is 0 Å². The van der Waals surface area contributed by atoms with Gasteiger partial charge in [-0.2, -0.15) is 0 Å². The predicted molar refractivity (Wildman–Crippen MR) is 23.6 cm³/mol. The highest BCUT2D eigenvalue weighted by molar-refractivity contribution is 4.32. The highest BCUT2D eigenvalue weighted by Gasteiger charge is 1.88. The van der Waals surface area contributed by atoms with E-state index < -0.39 is 0 Å². The van der Waals surface area contributed by atoms with E-state index in [2.05, 4.69) is 0 Å². The van der Waals surface area contributed by atoms with Crippen molar-refractivity contribution in [3.63, 3.8) is 0 Å². The number of hydrogen-bond donors (Lipinski definition) is 2. The topological polar surface area (TPSA) is 65.7 Å². The molecule has 0 aliphatic carbocycles. The largest absolute Gasteiger partial charge is 0.635 e. The summed E-state index contributed by atoms with van der Waals surface area (Å²) in [6.45, 7) is 1.87. The summed E-state index contributed by atoms with van der Waals surface area (Å²) < 4.78 is 0. The van der Waals surface area contributed by atoms with Crippen LogP contribution in [-0.2, 0) is 0 Å². The van der Waals surface area contributed by atoms with Gasteiger partial charge in [-0.3, -0.25) is 5.73 Å². The maximum atomic E-state index is 9.61. The smallest absolute Gasteiger partial charge is 0.136 e. The Morgan fingerprint density at radius 2 is 2.50 bits per heavy atom. The van der Waals surface area contributed by atoms with Gasteiger partial charge in [0.15, 0.2) is 0 Å². The Labute approximate surface area is 37.1 Å². The molecule has 0 aliphatic rings. The molecule has 0 fully saturated rings. The minimum atomic E-state index is -0.245. The van der Waals surface area contributed by atoms with E-state index in [1.807, 2.05) is 6.92 Å². The first-order chi connectivity index (χ1) is 2.81. The van der Waals surface area contributed by atoms with Gasteiger partial charge in [-0.1, -0.05) is 6.92 Å². The molecule has 0 aliphatic heterocycles. The highest BCUT2D eigenvalue weighted by atomic mass is 16.5. The molecule has 4 N–H and O–H groups in total. The van der Waals surface area contributed by atoms with E-state index in [4.69, 9.17) is 5.73 Å². The van der Waals surface area contributed by atoms with E-state index in [0.717, 1.165) is 11.9 Å². The first-order valence-electron chi connectivity index (χ1n) is 2.02. The van der Waals surface area contributed by atoms with Gasteiger partial charge in [0, 0.05) is 6.42 Å². The van der Waals surface area contributed by atoms with Crippen molar-refractivity contribution in [1.29, 1.82) is 0 Å². The van der Waals surface area contributed by atoms with Gasteiger partial charge < -0.3 is 10.7 Å². The summed E-state index contributed by atoms with van der Waals surface area (Å²) in [5.74, 6) is 0. The Balaban J connectivity index is 2.75. The fourth-order valence-electron chi connectivity index (χ4n) is 0.0962. The lowest BCUT2D eigenvalue weighted by Gasteiger charge is -2.06. The summed E-state index contributed by atoms with van der Waals surface area (Å²) in [5.41, 5.74) is 5.85. The van der Waals surface area contributed by atoms with Gasteiger partial charge in [0.1, 0.15) is 6.17 Å². The third-order valence-corrected chi connectivity index (χ3v) is 0.646. The van der Waals surface area contributed by atoms with Crippen molar-refractivity contribution in [3.8, 4) is 0 Å². The Morgan fingerprint density at radius 1 is 2.00 bits per heavy atom. The second kappa shape index (κ2) is 3.08. The average molecular weight is 90.1 g/mol. The second-order valence-electron chi connectivity index (χ2n) is 1.21. The van der Waals surface area contributed by atoms with Crippen LogP contribution in [0, 0.1) is 5.21 Å². The molecule has 3 nitrogen and oxygen atoms in total. The molecule has 0 heterocycles. The molecule has 1 unspecified atom stereocenters. The van der Waals surface area contributed by atoms with Crippen LogP contribution in [0.4, 0.5) is 0 Å². The summed E-state index contributed by atoms with van der Waals surface area (Å²) in [7, 11) is 0. The first-order valence-corrected chi connectivity index (χ1v) is 2.02. The van der Waals surface area contributed by atoms with Crippen molar-refractivity contribution in [2.45, 2.75) is 19.5 Å². The van der Waals surface area contributed by atoms with Crippen LogP contribution in [0.3, 0.4) is 0 Å². The Morgan fingerprint density at radius 3 is 2.50 bits per heavy atom. The monoisotopic (exact) mass is 90.1 g/mol. The van der Waals surface area contributed by atoms with Crippen LogP contribution >= 0.6 is 0 Å². The van der Waals surface area contributed by atoms with E-state index in [1.54, 1.807) is 0 Å². The molecule has 0 rings (SSSR count).